The molecule has 1 aliphatic carbocycles. The van der Waals surface area contributed by atoms with Crippen LogP contribution in [0.25, 0.3) is 11.1 Å². The molecule has 0 bridgehead atoms. The molecule has 1 N–H and O–H groups in total. The molecule has 1 saturated carbocycles. The lowest BCUT2D eigenvalue weighted by molar-refractivity contribution is 0.560. The van der Waals surface area contributed by atoms with E-state index in [0.717, 1.165) is 36.0 Å². The Morgan fingerprint density at radius 2 is 2.31 bits per heavy atom. The highest BCUT2D eigenvalue weighted by Crippen LogP contribution is 2.19. The van der Waals surface area contributed by atoms with Gasteiger partial charge in [0.05, 0.1) is 0 Å². The van der Waals surface area contributed by atoms with Gasteiger partial charge in [-0.1, -0.05) is 6.07 Å². The lowest BCUT2D eigenvalue weighted by atomic mass is 10.1. The number of nitrogens with one attached hydrogen (secondary N) is 1. The minimum atomic E-state index is 0.739. The molecule has 0 radical (unpaired) electrons. The Balaban J connectivity index is 1.70. The molecule has 0 saturated heterocycles. The van der Waals surface area contributed by atoms with Gasteiger partial charge < -0.3 is 9.73 Å². The summed E-state index contributed by atoms with van der Waals surface area (Å²) in [5.74, 6) is 0.739. The van der Waals surface area contributed by atoms with Gasteiger partial charge in [-0.05, 0) is 43.5 Å². The summed E-state index contributed by atoms with van der Waals surface area (Å²) in [6.45, 7) is 2.94. The molecule has 3 nitrogen and oxygen atoms in total. The predicted molar refractivity (Wildman–Crippen MR) is 63.5 cm³/mol. The van der Waals surface area contributed by atoms with E-state index >= 15 is 0 Å². The van der Waals surface area contributed by atoms with E-state index in [2.05, 4.69) is 22.4 Å². The molecule has 16 heavy (non-hydrogen) atoms. The minimum Gasteiger partial charge on any atom is -0.441 e. The summed E-state index contributed by atoms with van der Waals surface area (Å²) in [4.78, 5) is 4.29. The van der Waals surface area contributed by atoms with Crippen LogP contribution in [0.4, 0.5) is 0 Å². The third-order valence-electron chi connectivity index (χ3n) is 2.98. The van der Waals surface area contributed by atoms with Crippen molar-refractivity contribution in [3.05, 3.63) is 29.7 Å². The summed E-state index contributed by atoms with van der Waals surface area (Å²) >= 11 is 0. The number of rotatable bonds is 4. The van der Waals surface area contributed by atoms with Crippen molar-refractivity contribution >= 4 is 11.1 Å². The summed E-state index contributed by atoms with van der Waals surface area (Å²) in [7, 11) is 0. The van der Waals surface area contributed by atoms with Gasteiger partial charge in [-0.3, -0.25) is 0 Å². The van der Waals surface area contributed by atoms with E-state index in [4.69, 9.17) is 4.42 Å². The Bertz CT molecular complexity index is 500. The fourth-order valence-corrected chi connectivity index (χ4v) is 1.95. The predicted octanol–water partition coefficient (Wildman–Crippen LogP) is 2.43. The number of aromatic nitrogens is 1. The van der Waals surface area contributed by atoms with Crippen LogP contribution in [0, 0.1) is 6.92 Å². The second-order valence-corrected chi connectivity index (χ2v) is 4.51. The highest BCUT2D eigenvalue weighted by Gasteiger charge is 2.19. The maximum absolute atomic E-state index is 5.52. The monoisotopic (exact) mass is 216 g/mol. The smallest absolute Gasteiger partial charge is 0.192 e. The third kappa shape index (κ3) is 2.09. The summed E-state index contributed by atoms with van der Waals surface area (Å²) < 4.78 is 5.52. The van der Waals surface area contributed by atoms with Gasteiger partial charge in [-0.25, -0.2) is 4.98 Å². The molecular formula is C13H16N2O. The highest BCUT2D eigenvalue weighted by atomic mass is 16.3. The van der Waals surface area contributed by atoms with Gasteiger partial charge in [0.2, 0.25) is 0 Å². The molecule has 0 spiro atoms. The van der Waals surface area contributed by atoms with E-state index in [1.54, 1.807) is 0 Å². The Morgan fingerprint density at radius 3 is 3.12 bits per heavy atom. The van der Waals surface area contributed by atoms with Crippen LogP contribution < -0.4 is 5.32 Å². The van der Waals surface area contributed by atoms with Crippen LogP contribution in [-0.4, -0.2) is 17.6 Å². The van der Waals surface area contributed by atoms with E-state index in [1.165, 1.54) is 18.4 Å². The minimum absolute atomic E-state index is 0.739. The molecule has 1 heterocycles. The van der Waals surface area contributed by atoms with Crippen LogP contribution in [0.1, 0.15) is 24.3 Å². The topological polar surface area (TPSA) is 38.1 Å². The Kier molecular flexibility index (Phi) is 2.40. The number of hydrogen-bond acceptors (Lipinski definition) is 3. The quantitative estimate of drug-likeness (QED) is 0.853. The van der Waals surface area contributed by atoms with Gasteiger partial charge in [-0.15, -0.1) is 0 Å². The van der Waals surface area contributed by atoms with Crippen LogP contribution in [0.3, 0.4) is 0 Å². The van der Waals surface area contributed by atoms with Gasteiger partial charge in [0.25, 0.3) is 0 Å². The fraction of sp³-hybridized carbons (Fsp3) is 0.462. The molecule has 1 aliphatic rings. The molecule has 1 aromatic heterocycles. The standard InChI is InChI=1S/C13H16N2O/c1-9-15-12-5-2-10(8-13(12)16-9)6-7-14-11-3-4-11/h2,5,8,11,14H,3-4,6-7H2,1H3. The lowest BCUT2D eigenvalue weighted by Crippen LogP contribution is -2.19. The molecule has 2 aromatic rings. The number of oxazole rings is 1. The largest absolute Gasteiger partial charge is 0.441 e. The average Bonchev–Trinajstić information content (AvgIpc) is 2.99. The van der Waals surface area contributed by atoms with E-state index in [9.17, 15) is 0 Å². The second-order valence-electron chi connectivity index (χ2n) is 4.51. The van der Waals surface area contributed by atoms with Crippen LogP contribution in [0.2, 0.25) is 0 Å². The lowest BCUT2D eigenvalue weighted by Gasteiger charge is -2.02. The summed E-state index contributed by atoms with van der Waals surface area (Å²) in [5.41, 5.74) is 3.18. The van der Waals surface area contributed by atoms with Crippen molar-refractivity contribution in [2.75, 3.05) is 6.54 Å². The average molecular weight is 216 g/mol. The molecule has 1 aromatic carbocycles. The Hall–Kier alpha value is -1.35. The van der Waals surface area contributed by atoms with Crippen LogP contribution in [-0.2, 0) is 6.42 Å². The number of hydrogen-bond donors (Lipinski definition) is 1. The Morgan fingerprint density at radius 1 is 1.44 bits per heavy atom. The molecule has 3 rings (SSSR count). The highest BCUT2D eigenvalue weighted by molar-refractivity contribution is 5.73. The van der Waals surface area contributed by atoms with Gasteiger partial charge in [0.1, 0.15) is 5.52 Å². The van der Waals surface area contributed by atoms with Crippen molar-refractivity contribution in [3.8, 4) is 0 Å². The Labute approximate surface area is 94.9 Å². The van der Waals surface area contributed by atoms with Crippen molar-refractivity contribution in [1.82, 2.24) is 10.3 Å². The van der Waals surface area contributed by atoms with Crippen molar-refractivity contribution in [1.29, 1.82) is 0 Å². The molecule has 1 fully saturated rings. The van der Waals surface area contributed by atoms with Crippen LogP contribution >= 0.6 is 0 Å². The zero-order valence-electron chi connectivity index (χ0n) is 9.49. The van der Waals surface area contributed by atoms with Gasteiger partial charge in [0, 0.05) is 13.0 Å². The van der Waals surface area contributed by atoms with E-state index in [-0.39, 0.29) is 0 Å². The molecule has 84 valence electrons. The van der Waals surface area contributed by atoms with Crippen LogP contribution in [0.15, 0.2) is 22.6 Å². The molecule has 0 amide bonds. The number of benzene rings is 1. The maximum Gasteiger partial charge on any atom is 0.192 e. The van der Waals surface area contributed by atoms with Gasteiger partial charge >= 0.3 is 0 Å². The van der Waals surface area contributed by atoms with E-state index < -0.39 is 0 Å². The van der Waals surface area contributed by atoms with Gasteiger partial charge in [0.15, 0.2) is 11.5 Å². The zero-order chi connectivity index (χ0) is 11.0. The van der Waals surface area contributed by atoms with Crippen molar-refractivity contribution in [3.63, 3.8) is 0 Å². The molecular weight excluding hydrogens is 200 g/mol. The number of aryl methyl sites for hydroxylation is 1. The second kappa shape index (κ2) is 3.91. The van der Waals surface area contributed by atoms with Gasteiger partial charge in [-0.2, -0.15) is 0 Å². The normalized spacial score (nSPS) is 15.8. The van der Waals surface area contributed by atoms with E-state index in [0.29, 0.717) is 0 Å². The molecule has 0 atom stereocenters. The molecule has 0 unspecified atom stereocenters. The van der Waals surface area contributed by atoms with Crippen molar-refractivity contribution in [2.24, 2.45) is 0 Å². The first-order valence-corrected chi connectivity index (χ1v) is 5.91. The first-order chi connectivity index (χ1) is 7.81. The first-order valence-electron chi connectivity index (χ1n) is 5.91. The van der Waals surface area contributed by atoms with Crippen molar-refractivity contribution < 1.29 is 4.42 Å². The SMILES string of the molecule is Cc1nc2ccc(CCNC3CC3)cc2o1. The third-order valence-corrected chi connectivity index (χ3v) is 2.98. The maximum atomic E-state index is 5.52. The summed E-state index contributed by atoms with van der Waals surface area (Å²) in [6, 6.07) is 7.07. The first kappa shape index (κ1) is 9.85. The summed E-state index contributed by atoms with van der Waals surface area (Å²) in [5, 5.41) is 3.51. The zero-order valence-corrected chi connectivity index (χ0v) is 9.49. The van der Waals surface area contributed by atoms with E-state index in [1.807, 2.05) is 13.0 Å². The molecule has 3 heteroatoms. The fourth-order valence-electron chi connectivity index (χ4n) is 1.95. The summed E-state index contributed by atoms with van der Waals surface area (Å²) in [6.07, 6.45) is 3.76. The number of fused-ring (bicyclic) bond motifs is 1. The van der Waals surface area contributed by atoms with Crippen LogP contribution in [0.5, 0.6) is 0 Å². The number of nitrogens with zero attached hydrogens (tertiary/aromatic N) is 1. The van der Waals surface area contributed by atoms with Crippen molar-refractivity contribution in [2.45, 2.75) is 32.2 Å². The molecule has 0 aliphatic heterocycles.